The highest BCUT2D eigenvalue weighted by molar-refractivity contribution is 9.10. The Morgan fingerprint density at radius 3 is 2.45 bits per heavy atom. The highest BCUT2D eigenvalue weighted by atomic mass is 79.9. The third-order valence-electron chi connectivity index (χ3n) is 5.38. The molecule has 0 aliphatic carbocycles. The van der Waals surface area contributed by atoms with E-state index in [4.69, 9.17) is 5.10 Å². The molecular formula is C25H23BrN6S. The van der Waals surface area contributed by atoms with Gasteiger partial charge < -0.3 is 0 Å². The van der Waals surface area contributed by atoms with Gasteiger partial charge in [0, 0.05) is 10.2 Å². The van der Waals surface area contributed by atoms with Crippen LogP contribution in [0.2, 0.25) is 0 Å². The first-order chi connectivity index (χ1) is 16.2. The van der Waals surface area contributed by atoms with Crippen molar-refractivity contribution in [2.24, 2.45) is 5.10 Å². The second-order valence-electron chi connectivity index (χ2n) is 7.71. The van der Waals surface area contributed by atoms with Crippen LogP contribution in [0.3, 0.4) is 0 Å². The standard InChI is InChI=1S/C25H23BrN6S/c1-18-7-5-6-10-23(18)32-25(33-17-20-8-3-2-4-9-20)22(15-27-32)24-28-29-30-31(24)16-19-11-13-21(26)14-12-19/h2-15,29-30H,16-17H2,1H3. The molecule has 5 rings (SSSR count). The molecule has 2 N–H and O–H groups in total. The van der Waals surface area contributed by atoms with E-state index in [9.17, 15) is 0 Å². The highest BCUT2D eigenvalue weighted by Gasteiger charge is 2.26. The Balaban J connectivity index is 1.49. The van der Waals surface area contributed by atoms with Crippen molar-refractivity contribution in [1.29, 1.82) is 0 Å². The molecule has 0 bridgehead atoms. The van der Waals surface area contributed by atoms with Crippen LogP contribution in [0, 0.1) is 6.92 Å². The molecular weight excluding hydrogens is 496 g/mol. The molecule has 0 unspecified atom stereocenters. The van der Waals surface area contributed by atoms with Crippen molar-refractivity contribution in [3.63, 3.8) is 0 Å². The molecule has 166 valence electrons. The SMILES string of the molecule is Cc1ccccc1-n1ncc(C2=NNNN2Cc2ccc(Br)cc2)c1SCc1ccccc1. The summed E-state index contributed by atoms with van der Waals surface area (Å²) >= 11 is 5.27. The van der Waals surface area contributed by atoms with Crippen LogP contribution in [-0.4, -0.2) is 20.6 Å². The van der Waals surface area contributed by atoms with E-state index in [-0.39, 0.29) is 0 Å². The van der Waals surface area contributed by atoms with Crippen LogP contribution in [0.1, 0.15) is 22.3 Å². The summed E-state index contributed by atoms with van der Waals surface area (Å²) in [6, 6.07) is 27.1. The number of para-hydroxylation sites is 1. The summed E-state index contributed by atoms with van der Waals surface area (Å²) < 4.78 is 3.09. The Hall–Kier alpha value is -3.07. The molecule has 6 nitrogen and oxygen atoms in total. The lowest BCUT2D eigenvalue weighted by molar-refractivity contribution is 0.288. The van der Waals surface area contributed by atoms with Crippen LogP contribution >= 0.6 is 27.7 Å². The van der Waals surface area contributed by atoms with Crippen molar-refractivity contribution in [3.8, 4) is 5.69 Å². The molecule has 2 heterocycles. The second kappa shape index (κ2) is 9.82. The summed E-state index contributed by atoms with van der Waals surface area (Å²) in [6.45, 7) is 2.77. The summed E-state index contributed by atoms with van der Waals surface area (Å²) in [7, 11) is 0. The molecule has 0 atom stereocenters. The van der Waals surface area contributed by atoms with Crippen LogP contribution in [0.25, 0.3) is 5.69 Å². The number of rotatable bonds is 7. The molecule has 0 saturated carbocycles. The maximum Gasteiger partial charge on any atom is 0.177 e. The van der Waals surface area contributed by atoms with E-state index >= 15 is 0 Å². The van der Waals surface area contributed by atoms with Gasteiger partial charge in [-0.05, 0) is 41.8 Å². The molecule has 4 aromatic rings. The zero-order valence-electron chi connectivity index (χ0n) is 18.1. The van der Waals surface area contributed by atoms with Gasteiger partial charge in [-0.15, -0.1) is 22.4 Å². The van der Waals surface area contributed by atoms with E-state index in [2.05, 4.69) is 93.6 Å². The summed E-state index contributed by atoms with van der Waals surface area (Å²) in [5, 5.41) is 12.4. The van der Waals surface area contributed by atoms with Gasteiger partial charge in [0.2, 0.25) is 0 Å². The van der Waals surface area contributed by atoms with E-state index in [1.165, 1.54) is 16.7 Å². The molecule has 0 spiro atoms. The number of hydrogen-bond donors (Lipinski definition) is 2. The van der Waals surface area contributed by atoms with Crippen LogP contribution in [0.4, 0.5) is 0 Å². The van der Waals surface area contributed by atoms with E-state index in [0.717, 1.165) is 32.3 Å². The maximum absolute atomic E-state index is 4.78. The average molecular weight is 519 g/mol. The molecule has 0 fully saturated rings. The van der Waals surface area contributed by atoms with Crippen molar-refractivity contribution in [2.45, 2.75) is 24.2 Å². The number of halogens is 1. The molecule has 3 aromatic carbocycles. The third-order valence-corrected chi connectivity index (χ3v) is 7.06. The van der Waals surface area contributed by atoms with Gasteiger partial charge in [0.25, 0.3) is 0 Å². The molecule has 0 amide bonds. The largest absolute Gasteiger partial charge is 0.266 e. The molecule has 33 heavy (non-hydrogen) atoms. The van der Waals surface area contributed by atoms with Crippen molar-refractivity contribution in [2.75, 3.05) is 0 Å². The molecule has 8 heteroatoms. The number of nitrogens with zero attached hydrogens (tertiary/aromatic N) is 4. The lowest BCUT2D eigenvalue weighted by Gasteiger charge is -2.19. The molecule has 0 radical (unpaired) electrons. The first-order valence-electron chi connectivity index (χ1n) is 10.6. The molecule has 1 aliphatic heterocycles. The Kier molecular flexibility index (Phi) is 6.48. The van der Waals surface area contributed by atoms with E-state index in [1.807, 2.05) is 40.2 Å². The monoisotopic (exact) mass is 518 g/mol. The van der Waals surface area contributed by atoms with Gasteiger partial charge >= 0.3 is 0 Å². The number of amidine groups is 1. The number of thioether (sulfide) groups is 1. The molecule has 1 aromatic heterocycles. The van der Waals surface area contributed by atoms with Gasteiger partial charge in [0.1, 0.15) is 5.03 Å². The Morgan fingerprint density at radius 2 is 1.67 bits per heavy atom. The van der Waals surface area contributed by atoms with E-state index < -0.39 is 0 Å². The number of aryl methyl sites for hydroxylation is 1. The number of hydrazone groups is 1. The van der Waals surface area contributed by atoms with Gasteiger partial charge in [0.05, 0.1) is 24.0 Å². The zero-order chi connectivity index (χ0) is 22.6. The fourth-order valence-electron chi connectivity index (χ4n) is 3.67. The average Bonchev–Trinajstić information content (AvgIpc) is 3.46. The van der Waals surface area contributed by atoms with Gasteiger partial charge in [-0.25, -0.2) is 10.2 Å². The predicted molar refractivity (Wildman–Crippen MR) is 137 cm³/mol. The number of hydrogen-bond acceptors (Lipinski definition) is 6. The third kappa shape index (κ3) is 4.83. The number of nitrogens with one attached hydrogen (secondary N) is 2. The van der Waals surface area contributed by atoms with Crippen LogP contribution in [0.5, 0.6) is 0 Å². The smallest absolute Gasteiger partial charge is 0.177 e. The van der Waals surface area contributed by atoms with E-state index in [0.29, 0.717) is 6.54 Å². The number of hydrazine groups is 2. The maximum atomic E-state index is 4.78. The Labute approximate surface area is 205 Å². The molecule has 1 aliphatic rings. The van der Waals surface area contributed by atoms with Gasteiger partial charge in [0.15, 0.2) is 5.84 Å². The molecule has 0 saturated heterocycles. The quantitative estimate of drug-likeness (QED) is 0.320. The van der Waals surface area contributed by atoms with Crippen molar-refractivity contribution < 1.29 is 0 Å². The predicted octanol–water partition coefficient (Wildman–Crippen LogP) is 5.42. The van der Waals surface area contributed by atoms with Crippen LogP contribution in [-0.2, 0) is 12.3 Å². The van der Waals surface area contributed by atoms with Crippen molar-refractivity contribution >= 4 is 33.5 Å². The number of benzene rings is 3. The van der Waals surface area contributed by atoms with Gasteiger partial charge in [-0.1, -0.05) is 76.6 Å². The summed E-state index contributed by atoms with van der Waals surface area (Å²) in [4.78, 5) is 0. The second-order valence-corrected chi connectivity index (χ2v) is 9.59. The minimum Gasteiger partial charge on any atom is -0.266 e. The van der Waals surface area contributed by atoms with Crippen molar-refractivity contribution in [3.05, 3.63) is 112 Å². The van der Waals surface area contributed by atoms with Crippen LogP contribution < -0.4 is 11.1 Å². The number of aromatic nitrogens is 2. The normalized spacial score (nSPS) is 13.2. The summed E-state index contributed by atoms with van der Waals surface area (Å²) in [6.07, 6.45) is 1.90. The van der Waals surface area contributed by atoms with Gasteiger partial charge in [-0.3, -0.25) is 5.01 Å². The first kappa shape index (κ1) is 21.8. The lowest BCUT2D eigenvalue weighted by Crippen LogP contribution is -2.40. The van der Waals surface area contributed by atoms with Crippen molar-refractivity contribution in [1.82, 2.24) is 25.9 Å². The Morgan fingerprint density at radius 1 is 0.909 bits per heavy atom. The fraction of sp³-hybridized carbons (Fsp3) is 0.120. The summed E-state index contributed by atoms with van der Waals surface area (Å²) in [5.41, 5.74) is 11.7. The lowest BCUT2D eigenvalue weighted by atomic mass is 10.2. The minimum atomic E-state index is 0.664. The zero-order valence-corrected chi connectivity index (χ0v) is 20.5. The highest BCUT2D eigenvalue weighted by Crippen LogP contribution is 2.31. The van der Waals surface area contributed by atoms with Gasteiger partial charge in [-0.2, -0.15) is 5.10 Å². The Bertz CT molecular complexity index is 1270. The van der Waals surface area contributed by atoms with Crippen LogP contribution in [0.15, 0.2) is 99.7 Å². The summed E-state index contributed by atoms with van der Waals surface area (Å²) in [5.74, 6) is 1.65. The minimum absolute atomic E-state index is 0.664. The fourth-order valence-corrected chi connectivity index (χ4v) is 5.00. The van der Waals surface area contributed by atoms with E-state index in [1.54, 1.807) is 11.8 Å². The topological polar surface area (TPSA) is 57.5 Å². The first-order valence-corrected chi connectivity index (χ1v) is 12.4.